The van der Waals surface area contributed by atoms with Crippen molar-refractivity contribution in [1.29, 1.82) is 0 Å². The van der Waals surface area contributed by atoms with E-state index in [0.29, 0.717) is 0 Å². The SMILES string of the molecule is O=S(=O)(O)OCCS(=O)(=O)N(c1ccccc1)S(=O)(=O)O. The fourth-order valence-corrected chi connectivity index (χ4v) is 4.38. The Morgan fingerprint density at radius 1 is 0.952 bits per heavy atom. The van der Waals surface area contributed by atoms with Crippen molar-refractivity contribution in [2.45, 2.75) is 0 Å². The normalized spacial score (nSPS) is 13.0. The molecule has 0 bridgehead atoms. The van der Waals surface area contributed by atoms with E-state index in [0.717, 1.165) is 12.1 Å². The minimum Gasteiger partial charge on any atom is -0.268 e. The van der Waals surface area contributed by atoms with Crippen molar-refractivity contribution in [2.75, 3.05) is 16.1 Å². The average molecular weight is 361 g/mol. The van der Waals surface area contributed by atoms with Crippen LogP contribution in [0.3, 0.4) is 0 Å². The molecule has 0 fully saturated rings. The highest BCUT2D eigenvalue weighted by molar-refractivity contribution is 8.07. The molecule has 0 aliphatic carbocycles. The van der Waals surface area contributed by atoms with Gasteiger partial charge in [0.25, 0.3) is 10.0 Å². The first-order valence-corrected chi connectivity index (χ1v) is 9.48. The Bertz CT molecular complexity index is 783. The van der Waals surface area contributed by atoms with Crippen molar-refractivity contribution < 1.29 is 38.5 Å². The molecule has 0 saturated carbocycles. The summed E-state index contributed by atoms with van der Waals surface area (Å²) in [5.74, 6) is -1.11. The summed E-state index contributed by atoms with van der Waals surface area (Å²) in [6, 6.07) is 6.36. The summed E-state index contributed by atoms with van der Waals surface area (Å²) >= 11 is 0. The van der Waals surface area contributed by atoms with Crippen molar-refractivity contribution in [3.63, 3.8) is 0 Å². The number of para-hydroxylation sites is 1. The van der Waals surface area contributed by atoms with Gasteiger partial charge in [-0.05, 0) is 12.1 Å². The summed E-state index contributed by atoms with van der Waals surface area (Å²) in [4.78, 5) is 0. The maximum atomic E-state index is 11.9. The topological polar surface area (TPSA) is 155 Å². The Morgan fingerprint density at radius 2 is 1.48 bits per heavy atom. The molecule has 120 valence electrons. The lowest BCUT2D eigenvalue weighted by molar-refractivity contribution is 0.284. The van der Waals surface area contributed by atoms with Crippen LogP contribution in [0.25, 0.3) is 0 Å². The van der Waals surface area contributed by atoms with Crippen molar-refractivity contribution in [3.05, 3.63) is 30.3 Å². The zero-order valence-electron chi connectivity index (χ0n) is 10.2. The number of benzene rings is 1. The number of sulfonamides is 1. The molecule has 0 saturated heterocycles. The first-order chi connectivity index (χ1) is 9.43. The minimum absolute atomic E-state index is 0.270. The van der Waals surface area contributed by atoms with E-state index in [4.69, 9.17) is 9.11 Å². The lowest BCUT2D eigenvalue weighted by Gasteiger charge is -2.20. The molecular formula is C8H11NO9S3. The van der Waals surface area contributed by atoms with E-state index in [1.807, 2.05) is 0 Å². The van der Waals surface area contributed by atoms with Crippen LogP contribution in [0.2, 0.25) is 0 Å². The molecule has 0 aliphatic rings. The van der Waals surface area contributed by atoms with Gasteiger partial charge in [0.05, 0.1) is 18.0 Å². The van der Waals surface area contributed by atoms with Crippen LogP contribution in [-0.2, 0) is 34.9 Å². The predicted octanol–water partition coefficient (Wildman–Crippen LogP) is -0.555. The Morgan fingerprint density at radius 3 is 1.90 bits per heavy atom. The van der Waals surface area contributed by atoms with Gasteiger partial charge >= 0.3 is 20.7 Å². The standard InChI is InChI=1S/C8H11NO9S3/c10-19(11,7-6-18-21(15,16)17)9(20(12,13)14)8-4-2-1-3-5-8/h1-5H,6-7H2,(H,12,13,14)(H,15,16,17). The van der Waals surface area contributed by atoms with E-state index in [1.165, 1.54) is 18.2 Å². The first kappa shape index (κ1) is 17.8. The van der Waals surface area contributed by atoms with E-state index in [-0.39, 0.29) is 9.40 Å². The minimum atomic E-state index is -5.16. The number of rotatable bonds is 7. The van der Waals surface area contributed by atoms with Gasteiger partial charge in [-0.2, -0.15) is 16.8 Å². The van der Waals surface area contributed by atoms with Gasteiger partial charge in [-0.1, -0.05) is 18.2 Å². The molecule has 0 aliphatic heterocycles. The molecule has 1 aromatic carbocycles. The lowest BCUT2D eigenvalue weighted by Crippen LogP contribution is -2.39. The van der Waals surface area contributed by atoms with Crippen LogP contribution in [0.15, 0.2) is 30.3 Å². The van der Waals surface area contributed by atoms with Crippen molar-refractivity contribution in [3.8, 4) is 0 Å². The lowest BCUT2D eigenvalue weighted by atomic mass is 10.3. The number of nitrogens with zero attached hydrogens (tertiary/aromatic N) is 1. The molecule has 13 heteroatoms. The van der Waals surface area contributed by atoms with Crippen LogP contribution in [-0.4, -0.2) is 46.7 Å². The van der Waals surface area contributed by atoms with Gasteiger partial charge in [-0.3, -0.25) is 9.11 Å². The van der Waals surface area contributed by atoms with Crippen molar-refractivity contribution >= 4 is 36.4 Å². The van der Waals surface area contributed by atoms with E-state index >= 15 is 0 Å². The maximum Gasteiger partial charge on any atom is 0.397 e. The van der Waals surface area contributed by atoms with E-state index in [1.54, 1.807) is 0 Å². The van der Waals surface area contributed by atoms with Crippen molar-refractivity contribution in [1.82, 2.24) is 0 Å². The Labute approximate surface area is 121 Å². The van der Waals surface area contributed by atoms with Gasteiger partial charge in [0, 0.05) is 0 Å². The monoisotopic (exact) mass is 361 g/mol. The summed E-state index contributed by atoms with van der Waals surface area (Å²) < 4.78 is 87.8. The third-order valence-electron chi connectivity index (χ3n) is 2.00. The fourth-order valence-electron chi connectivity index (χ4n) is 1.31. The van der Waals surface area contributed by atoms with Crippen LogP contribution in [0, 0.1) is 0 Å². The smallest absolute Gasteiger partial charge is 0.268 e. The highest BCUT2D eigenvalue weighted by Gasteiger charge is 2.33. The van der Waals surface area contributed by atoms with Crippen molar-refractivity contribution in [2.24, 2.45) is 0 Å². The van der Waals surface area contributed by atoms with Crippen LogP contribution in [0.4, 0.5) is 5.69 Å². The van der Waals surface area contributed by atoms with E-state index in [9.17, 15) is 25.3 Å². The zero-order chi connectivity index (χ0) is 16.3. The summed E-state index contributed by atoms with van der Waals surface area (Å²) in [6.07, 6.45) is 0. The second-order valence-electron chi connectivity index (χ2n) is 3.58. The molecule has 0 amide bonds. The first-order valence-electron chi connectivity index (χ1n) is 5.11. The average Bonchev–Trinajstić information content (AvgIpc) is 2.25. The number of anilines is 1. The summed E-state index contributed by atoms with van der Waals surface area (Å²) in [7, 11) is -14.7. The van der Waals surface area contributed by atoms with Gasteiger partial charge in [0.2, 0.25) is 0 Å². The molecule has 0 spiro atoms. The summed E-state index contributed by atoms with van der Waals surface area (Å²) in [5, 5.41) is 0. The van der Waals surface area contributed by atoms with Gasteiger partial charge in [0.15, 0.2) is 0 Å². The van der Waals surface area contributed by atoms with Gasteiger partial charge in [-0.25, -0.2) is 12.6 Å². The Kier molecular flexibility index (Phi) is 5.30. The molecule has 21 heavy (non-hydrogen) atoms. The molecule has 10 nitrogen and oxygen atoms in total. The Hall–Kier alpha value is -1.25. The van der Waals surface area contributed by atoms with Gasteiger partial charge in [0.1, 0.15) is 0 Å². The second kappa shape index (κ2) is 6.25. The Balaban J connectivity index is 3.10. The third kappa shape index (κ3) is 5.56. The summed E-state index contributed by atoms with van der Waals surface area (Å²) in [6.45, 7) is -1.03. The molecule has 1 aromatic rings. The highest BCUT2D eigenvalue weighted by Crippen LogP contribution is 2.21. The molecule has 0 heterocycles. The molecular weight excluding hydrogens is 350 g/mol. The molecule has 2 N–H and O–H groups in total. The van der Waals surface area contributed by atoms with Crippen LogP contribution >= 0.6 is 0 Å². The highest BCUT2D eigenvalue weighted by atomic mass is 32.3. The van der Waals surface area contributed by atoms with Gasteiger partial charge in [-0.15, -0.1) is 3.71 Å². The van der Waals surface area contributed by atoms with Crippen LogP contribution < -0.4 is 3.71 Å². The number of hydrogen-bond acceptors (Lipinski definition) is 7. The van der Waals surface area contributed by atoms with Crippen LogP contribution in [0.1, 0.15) is 0 Å². The van der Waals surface area contributed by atoms with Gasteiger partial charge < -0.3 is 0 Å². The van der Waals surface area contributed by atoms with E-state index < -0.39 is 43.1 Å². The van der Waals surface area contributed by atoms with E-state index in [2.05, 4.69) is 4.18 Å². The quantitative estimate of drug-likeness (QED) is 0.608. The largest absolute Gasteiger partial charge is 0.397 e. The molecule has 0 atom stereocenters. The van der Waals surface area contributed by atoms with Crippen LogP contribution in [0.5, 0.6) is 0 Å². The molecule has 0 aromatic heterocycles. The fraction of sp³-hybridized carbons (Fsp3) is 0.250. The molecule has 0 unspecified atom stereocenters. The number of hydrogen-bond donors (Lipinski definition) is 2. The third-order valence-corrected chi connectivity index (χ3v) is 5.74. The zero-order valence-corrected chi connectivity index (χ0v) is 12.7. The maximum absolute atomic E-state index is 11.9. The molecule has 1 rings (SSSR count). The second-order valence-corrected chi connectivity index (χ2v) is 8.10. The molecule has 0 radical (unpaired) electrons. The predicted molar refractivity (Wildman–Crippen MR) is 71.8 cm³/mol. The summed E-state index contributed by atoms with van der Waals surface area (Å²) in [5.41, 5.74) is -0.369.